The van der Waals surface area contributed by atoms with Gasteiger partial charge in [-0.15, -0.1) is 11.3 Å². The highest BCUT2D eigenvalue weighted by Crippen LogP contribution is 2.64. The zero-order valence-corrected chi connectivity index (χ0v) is 27.4. The van der Waals surface area contributed by atoms with Gasteiger partial charge in [0.05, 0.1) is 21.5 Å². The molecule has 9 aromatic rings. The van der Waals surface area contributed by atoms with Crippen LogP contribution in [-0.2, 0) is 5.41 Å². The van der Waals surface area contributed by atoms with Gasteiger partial charge < -0.3 is 4.90 Å². The van der Waals surface area contributed by atoms with Gasteiger partial charge in [0.15, 0.2) is 0 Å². The lowest BCUT2D eigenvalue weighted by Crippen LogP contribution is -2.26. The first-order valence-electron chi connectivity index (χ1n) is 16.9. The van der Waals surface area contributed by atoms with Gasteiger partial charge in [0.2, 0.25) is 0 Å². The zero-order chi connectivity index (χ0) is 32.1. The fraction of sp³-hybridized carbons (Fsp3) is 0.0213. The number of benzene rings is 8. The number of para-hydroxylation sites is 1. The van der Waals surface area contributed by atoms with Crippen LogP contribution < -0.4 is 4.90 Å². The fourth-order valence-electron chi connectivity index (χ4n) is 9.03. The van der Waals surface area contributed by atoms with E-state index in [9.17, 15) is 0 Å². The average Bonchev–Trinajstić information content (AvgIpc) is 3.80. The highest BCUT2D eigenvalue weighted by atomic mass is 32.1. The van der Waals surface area contributed by atoms with E-state index in [-0.39, 0.29) is 0 Å². The van der Waals surface area contributed by atoms with E-state index in [1.807, 2.05) is 11.3 Å². The van der Waals surface area contributed by atoms with Crippen molar-refractivity contribution in [1.29, 1.82) is 0 Å². The Labute approximate surface area is 289 Å². The van der Waals surface area contributed by atoms with Gasteiger partial charge in [0.25, 0.3) is 0 Å². The minimum atomic E-state index is -0.402. The third kappa shape index (κ3) is 3.49. The number of anilines is 3. The van der Waals surface area contributed by atoms with Gasteiger partial charge in [-0.1, -0.05) is 146 Å². The summed E-state index contributed by atoms with van der Waals surface area (Å²) >= 11 is 1.88. The molecule has 0 aliphatic heterocycles. The van der Waals surface area contributed by atoms with E-state index in [4.69, 9.17) is 0 Å². The molecule has 1 spiro atoms. The molecule has 1 heterocycles. The van der Waals surface area contributed by atoms with Gasteiger partial charge in [0, 0.05) is 26.5 Å². The van der Waals surface area contributed by atoms with Gasteiger partial charge in [-0.3, -0.25) is 0 Å². The summed E-state index contributed by atoms with van der Waals surface area (Å²) in [6.07, 6.45) is 0. The Morgan fingerprint density at radius 3 is 1.63 bits per heavy atom. The van der Waals surface area contributed by atoms with Crippen LogP contribution in [-0.4, -0.2) is 0 Å². The van der Waals surface area contributed by atoms with Crippen LogP contribution in [0.1, 0.15) is 22.3 Å². The molecule has 11 rings (SSSR count). The Kier molecular flexibility index (Phi) is 5.53. The Bertz CT molecular complexity index is 2730. The molecule has 0 saturated heterocycles. The molecule has 0 amide bonds. The van der Waals surface area contributed by atoms with Gasteiger partial charge in [0.1, 0.15) is 0 Å². The van der Waals surface area contributed by atoms with Crippen LogP contribution in [0.3, 0.4) is 0 Å². The quantitative estimate of drug-likeness (QED) is 0.186. The van der Waals surface area contributed by atoms with Crippen LogP contribution in [0.2, 0.25) is 0 Å². The first-order chi connectivity index (χ1) is 24.3. The van der Waals surface area contributed by atoms with Crippen molar-refractivity contribution in [2.45, 2.75) is 5.41 Å². The summed E-state index contributed by atoms with van der Waals surface area (Å²) in [6.45, 7) is 0. The molecular formula is C47H29NS. The molecular weight excluding hydrogens is 611 g/mol. The molecule has 1 aromatic heterocycles. The molecule has 0 radical (unpaired) electrons. The maximum Gasteiger partial charge on any atom is 0.0731 e. The molecule has 0 bridgehead atoms. The maximum absolute atomic E-state index is 2.48. The minimum absolute atomic E-state index is 0.402. The lowest BCUT2D eigenvalue weighted by Gasteiger charge is -2.32. The topological polar surface area (TPSA) is 3.24 Å². The number of nitrogens with zero attached hydrogens (tertiary/aromatic N) is 1. The third-order valence-corrected chi connectivity index (χ3v) is 12.1. The number of rotatable bonds is 3. The largest absolute Gasteiger partial charge is 0.308 e. The summed E-state index contributed by atoms with van der Waals surface area (Å²) in [7, 11) is 0. The van der Waals surface area contributed by atoms with E-state index in [1.54, 1.807) is 0 Å². The summed E-state index contributed by atoms with van der Waals surface area (Å²) < 4.78 is 2.61. The molecule has 8 aromatic carbocycles. The average molecular weight is 640 g/mol. The van der Waals surface area contributed by atoms with Crippen LogP contribution in [0.15, 0.2) is 176 Å². The van der Waals surface area contributed by atoms with Crippen molar-refractivity contribution in [3.8, 4) is 22.3 Å². The number of fused-ring (bicyclic) bond motifs is 15. The Hall–Kier alpha value is -5.96. The zero-order valence-electron chi connectivity index (χ0n) is 26.6. The van der Waals surface area contributed by atoms with E-state index < -0.39 is 5.41 Å². The number of hydrogen-bond donors (Lipinski definition) is 0. The van der Waals surface area contributed by atoms with Gasteiger partial charge >= 0.3 is 0 Å². The van der Waals surface area contributed by atoms with Gasteiger partial charge in [-0.25, -0.2) is 0 Å². The molecule has 0 unspecified atom stereocenters. The van der Waals surface area contributed by atoms with E-state index in [1.165, 1.54) is 86.8 Å². The second-order valence-corrected chi connectivity index (χ2v) is 14.2. The smallest absolute Gasteiger partial charge is 0.0731 e. The Morgan fingerprint density at radius 2 is 0.918 bits per heavy atom. The lowest BCUT2D eigenvalue weighted by atomic mass is 9.69. The van der Waals surface area contributed by atoms with Crippen LogP contribution in [0.25, 0.3) is 53.2 Å². The molecule has 2 heteroatoms. The van der Waals surface area contributed by atoms with E-state index >= 15 is 0 Å². The highest BCUT2D eigenvalue weighted by Gasteiger charge is 2.52. The third-order valence-electron chi connectivity index (χ3n) is 10.9. The number of hydrogen-bond acceptors (Lipinski definition) is 2. The SMILES string of the molecule is c1ccc(N(c2cccc3c4c(ccc23)-c2ccccc2C42c3ccccc3-c3ccccc32)c2cccc3c2sc2ccccc23)cc1. The second-order valence-electron chi connectivity index (χ2n) is 13.2. The van der Waals surface area contributed by atoms with Gasteiger partial charge in [-0.2, -0.15) is 0 Å². The minimum Gasteiger partial charge on any atom is -0.308 e. The summed E-state index contributed by atoms with van der Waals surface area (Å²) in [5, 5.41) is 5.15. The van der Waals surface area contributed by atoms with Crippen molar-refractivity contribution in [3.63, 3.8) is 0 Å². The Balaban J connectivity index is 1.26. The second kappa shape index (κ2) is 10.0. The summed E-state index contributed by atoms with van der Waals surface area (Å²) in [4.78, 5) is 2.48. The predicted molar refractivity (Wildman–Crippen MR) is 208 cm³/mol. The van der Waals surface area contributed by atoms with Crippen molar-refractivity contribution in [2.75, 3.05) is 4.90 Å². The summed E-state index contributed by atoms with van der Waals surface area (Å²) in [6, 6.07) is 65.4. The molecule has 228 valence electrons. The van der Waals surface area contributed by atoms with Gasteiger partial charge in [-0.05, 0) is 80.2 Å². The lowest BCUT2D eigenvalue weighted by molar-refractivity contribution is 0.801. The molecule has 0 fully saturated rings. The van der Waals surface area contributed by atoms with Crippen molar-refractivity contribution in [3.05, 3.63) is 198 Å². The number of thiophene rings is 1. The molecule has 2 aliphatic carbocycles. The first-order valence-corrected chi connectivity index (χ1v) is 17.8. The fourth-order valence-corrected chi connectivity index (χ4v) is 10.2. The Morgan fingerprint density at radius 1 is 0.367 bits per heavy atom. The van der Waals surface area contributed by atoms with Crippen molar-refractivity contribution in [2.24, 2.45) is 0 Å². The molecule has 2 aliphatic rings. The highest BCUT2D eigenvalue weighted by molar-refractivity contribution is 7.26. The first kappa shape index (κ1) is 27.0. The molecule has 0 N–H and O–H groups in total. The molecule has 49 heavy (non-hydrogen) atoms. The predicted octanol–water partition coefficient (Wildman–Crippen LogP) is 13.0. The van der Waals surface area contributed by atoms with Crippen molar-refractivity contribution in [1.82, 2.24) is 0 Å². The maximum atomic E-state index is 2.48. The van der Waals surface area contributed by atoms with E-state index in [2.05, 4.69) is 181 Å². The van der Waals surface area contributed by atoms with Crippen LogP contribution in [0.4, 0.5) is 17.1 Å². The van der Waals surface area contributed by atoms with E-state index in [0.717, 1.165) is 5.69 Å². The summed E-state index contributed by atoms with van der Waals surface area (Å²) in [5.41, 5.74) is 13.9. The summed E-state index contributed by atoms with van der Waals surface area (Å²) in [5.74, 6) is 0. The van der Waals surface area contributed by atoms with Crippen molar-refractivity contribution < 1.29 is 0 Å². The molecule has 0 saturated carbocycles. The van der Waals surface area contributed by atoms with E-state index in [0.29, 0.717) is 0 Å². The van der Waals surface area contributed by atoms with Crippen LogP contribution in [0.5, 0.6) is 0 Å². The monoisotopic (exact) mass is 639 g/mol. The normalized spacial score (nSPS) is 13.5. The molecule has 0 atom stereocenters. The van der Waals surface area contributed by atoms with Crippen molar-refractivity contribution >= 4 is 59.3 Å². The van der Waals surface area contributed by atoms with Crippen LogP contribution in [0, 0.1) is 0 Å². The standard InChI is InChI=1S/C47H29NS/c1-2-14-30(15-3-1)48(43-26-13-21-38-35-19-7-11-27-44(35)49-46(38)43)42-25-12-20-36-34(42)28-29-37-33-18-6-10-24-41(33)47(45(36)37)39-22-8-4-16-31(39)32-17-5-9-23-40(32)47/h1-29H. The molecule has 1 nitrogen and oxygen atoms in total. The van der Waals surface area contributed by atoms with Crippen LogP contribution >= 0.6 is 11.3 Å².